The summed E-state index contributed by atoms with van der Waals surface area (Å²) in [6.45, 7) is 7.44. The van der Waals surface area contributed by atoms with Crippen molar-refractivity contribution in [2.75, 3.05) is 39.3 Å². The fraction of sp³-hybridized carbons (Fsp3) is 0.333. The van der Waals surface area contributed by atoms with Crippen molar-refractivity contribution in [1.82, 2.24) is 0 Å². The molecule has 0 aliphatic carbocycles. The van der Waals surface area contributed by atoms with Gasteiger partial charge in [0.05, 0.1) is 0 Å². The third-order valence-corrected chi connectivity index (χ3v) is 6.23. The summed E-state index contributed by atoms with van der Waals surface area (Å²) in [5, 5.41) is 10.5. The highest BCUT2D eigenvalue weighted by Gasteiger charge is 2.32. The molecule has 1 saturated heterocycles. The van der Waals surface area contributed by atoms with Gasteiger partial charge in [0.25, 0.3) is 0 Å². The zero-order valence-electron chi connectivity index (χ0n) is 18.3. The van der Waals surface area contributed by atoms with Gasteiger partial charge in [-0.3, -0.25) is 0 Å². The highest BCUT2D eigenvalue weighted by molar-refractivity contribution is 5.29. The van der Waals surface area contributed by atoms with Crippen molar-refractivity contribution in [2.24, 2.45) is 0 Å². The molecule has 3 aromatic rings. The Morgan fingerprint density at radius 2 is 1.42 bits per heavy atom. The third kappa shape index (κ3) is 5.95. The fourth-order valence-electron chi connectivity index (χ4n) is 4.66. The zero-order valence-corrected chi connectivity index (χ0v) is 18.3. The van der Waals surface area contributed by atoms with Crippen LogP contribution in [-0.2, 0) is 0 Å². The van der Waals surface area contributed by atoms with Crippen LogP contribution in [0.2, 0.25) is 0 Å². The van der Waals surface area contributed by atoms with Gasteiger partial charge >= 0.3 is 0 Å². The first-order chi connectivity index (χ1) is 15.2. The van der Waals surface area contributed by atoms with Crippen LogP contribution in [0.1, 0.15) is 22.7 Å². The minimum Gasteiger partial charge on any atom is -0.491 e. The van der Waals surface area contributed by atoms with E-state index in [0.717, 1.165) is 38.5 Å². The number of piperazine rings is 1. The predicted octanol–water partition coefficient (Wildman–Crippen LogP) is 1.31. The van der Waals surface area contributed by atoms with Gasteiger partial charge in [0.2, 0.25) is 0 Å². The third-order valence-electron chi connectivity index (χ3n) is 6.23. The number of quaternary nitrogens is 2. The van der Waals surface area contributed by atoms with Crippen molar-refractivity contribution >= 4 is 0 Å². The van der Waals surface area contributed by atoms with Crippen LogP contribution in [0, 0.1) is 6.92 Å². The van der Waals surface area contributed by atoms with Gasteiger partial charge in [-0.15, -0.1) is 0 Å². The summed E-state index contributed by atoms with van der Waals surface area (Å²) >= 11 is 0. The Balaban J connectivity index is 1.32. The number of ether oxygens (including phenoxy) is 1. The molecule has 4 nitrogen and oxygen atoms in total. The second kappa shape index (κ2) is 10.6. The maximum Gasteiger partial charge on any atom is 0.139 e. The van der Waals surface area contributed by atoms with E-state index in [0.29, 0.717) is 12.6 Å². The maximum atomic E-state index is 10.5. The average Bonchev–Trinajstić information content (AvgIpc) is 2.81. The number of nitrogens with one attached hydrogen (secondary N) is 2. The largest absolute Gasteiger partial charge is 0.491 e. The molecule has 0 aromatic heterocycles. The van der Waals surface area contributed by atoms with Crippen molar-refractivity contribution < 1.29 is 19.6 Å². The van der Waals surface area contributed by atoms with Crippen LogP contribution in [0.25, 0.3) is 0 Å². The highest BCUT2D eigenvalue weighted by atomic mass is 16.5. The van der Waals surface area contributed by atoms with Crippen LogP contribution in [0.5, 0.6) is 5.75 Å². The molecule has 0 radical (unpaired) electrons. The molecule has 3 aromatic carbocycles. The molecule has 162 valence electrons. The Bertz CT molecular complexity index is 885. The molecule has 0 saturated carbocycles. The maximum absolute atomic E-state index is 10.5. The van der Waals surface area contributed by atoms with Gasteiger partial charge in [0, 0.05) is 11.1 Å². The SMILES string of the molecule is Cc1cccc(OC[C@@H](O)C[NH+]2CC[NH+](C(c3ccccc3)c3ccccc3)CC2)c1. The Morgan fingerprint density at radius 1 is 0.806 bits per heavy atom. The van der Waals surface area contributed by atoms with Crippen molar-refractivity contribution in [3.05, 3.63) is 102 Å². The lowest BCUT2D eigenvalue weighted by atomic mass is 9.96. The van der Waals surface area contributed by atoms with Crippen molar-refractivity contribution in [3.8, 4) is 5.75 Å². The smallest absolute Gasteiger partial charge is 0.139 e. The Kier molecular flexibility index (Phi) is 7.36. The second-order valence-electron chi connectivity index (χ2n) is 8.65. The molecule has 0 amide bonds. The van der Waals surface area contributed by atoms with E-state index < -0.39 is 6.10 Å². The lowest BCUT2D eigenvalue weighted by molar-refractivity contribution is -1.02. The first-order valence-corrected chi connectivity index (χ1v) is 11.3. The van der Waals surface area contributed by atoms with E-state index in [1.54, 1.807) is 4.90 Å². The lowest BCUT2D eigenvalue weighted by Gasteiger charge is -2.35. The Hall–Kier alpha value is -2.66. The van der Waals surface area contributed by atoms with Crippen LogP contribution in [-0.4, -0.2) is 50.5 Å². The van der Waals surface area contributed by atoms with Crippen LogP contribution >= 0.6 is 0 Å². The summed E-state index contributed by atoms with van der Waals surface area (Å²) < 4.78 is 5.80. The molecule has 1 aliphatic rings. The van der Waals surface area contributed by atoms with E-state index in [1.165, 1.54) is 21.6 Å². The fourth-order valence-corrected chi connectivity index (χ4v) is 4.66. The molecule has 0 bridgehead atoms. The number of hydrogen-bond acceptors (Lipinski definition) is 2. The first kappa shape index (κ1) is 21.6. The molecular formula is C27H34N2O2+2. The number of hydrogen-bond donors (Lipinski definition) is 3. The van der Waals surface area contributed by atoms with Crippen LogP contribution in [0.4, 0.5) is 0 Å². The summed E-state index contributed by atoms with van der Waals surface area (Å²) in [6.07, 6.45) is -0.448. The quantitative estimate of drug-likeness (QED) is 0.516. The predicted molar refractivity (Wildman–Crippen MR) is 124 cm³/mol. The Morgan fingerprint density at radius 3 is 2.00 bits per heavy atom. The lowest BCUT2D eigenvalue weighted by Crippen LogP contribution is -3.28. The van der Waals surface area contributed by atoms with Crippen molar-refractivity contribution in [1.29, 1.82) is 0 Å². The van der Waals surface area contributed by atoms with Gasteiger partial charge in [-0.1, -0.05) is 72.8 Å². The molecule has 0 spiro atoms. The van der Waals surface area contributed by atoms with E-state index in [4.69, 9.17) is 4.74 Å². The monoisotopic (exact) mass is 418 g/mol. The molecule has 1 aliphatic heterocycles. The van der Waals surface area contributed by atoms with E-state index >= 15 is 0 Å². The van der Waals surface area contributed by atoms with Crippen LogP contribution < -0.4 is 14.5 Å². The number of aryl methyl sites for hydroxylation is 1. The van der Waals surface area contributed by atoms with E-state index in [-0.39, 0.29) is 0 Å². The minimum atomic E-state index is -0.448. The summed E-state index contributed by atoms with van der Waals surface area (Å²) in [4.78, 5) is 3.07. The van der Waals surface area contributed by atoms with Crippen molar-refractivity contribution in [2.45, 2.75) is 19.1 Å². The summed E-state index contributed by atoms with van der Waals surface area (Å²) in [5.74, 6) is 0.830. The normalized spacial score (nSPS) is 19.8. The number of aliphatic hydroxyl groups is 1. The standard InChI is InChI=1S/C27H32N2O2/c1-22-9-8-14-26(19-22)31-21-25(30)20-28-15-17-29(18-16-28)27(23-10-4-2-5-11-23)24-12-6-3-7-13-24/h2-14,19,25,27,30H,15-18,20-21H2,1H3/p+2/t25-/m0/s1. The number of aliphatic hydroxyl groups excluding tert-OH is 1. The molecule has 0 unspecified atom stereocenters. The summed E-state index contributed by atoms with van der Waals surface area (Å²) in [6, 6.07) is 30.1. The zero-order chi connectivity index (χ0) is 21.5. The molecule has 1 heterocycles. The molecule has 31 heavy (non-hydrogen) atoms. The van der Waals surface area contributed by atoms with E-state index in [2.05, 4.69) is 60.7 Å². The van der Waals surface area contributed by atoms with Crippen molar-refractivity contribution in [3.63, 3.8) is 0 Å². The van der Waals surface area contributed by atoms with Gasteiger partial charge in [-0.05, 0) is 24.6 Å². The van der Waals surface area contributed by atoms with Gasteiger partial charge in [0.15, 0.2) is 0 Å². The van der Waals surface area contributed by atoms with Gasteiger partial charge in [0.1, 0.15) is 57.2 Å². The molecule has 1 fully saturated rings. The second-order valence-corrected chi connectivity index (χ2v) is 8.65. The van der Waals surface area contributed by atoms with Crippen LogP contribution in [0.3, 0.4) is 0 Å². The summed E-state index contributed by atoms with van der Waals surface area (Å²) in [5.41, 5.74) is 3.92. The number of rotatable bonds is 8. The van der Waals surface area contributed by atoms with E-state index in [9.17, 15) is 5.11 Å². The topological polar surface area (TPSA) is 38.3 Å². The average molecular weight is 419 g/mol. The Labute approximate surface area is 185 Å². The summed E-state index contributed by atoms with van der Waals surface area (Å²) in [7, 11) is 0. The molecule has 1 atom stereocenters. The van der Waals surface area contributed by atoms with E-state index in [1.807, 2.05) is 31.2 Å². The van der Waals surface area contributed by atoms with Gasteiger partial charge in [-0.25, -0.2) is 0 Å². The molecule has 3 N–H and O–H groups in total. The number of benzene rings is 3. The highest BCUT2D eigenvalue weighted by Crippen LogP contribution is 2.18. The minimum absolute atomic E-state index is 0.347. The van der Waals surface area contributed by atoms with Crippen LogP contribution in [0.15, 0.2) is 84.9 Å². The van der Waals surface area contributed by atoms with Gasteiger partial charge < -0.3 is 19.6 Å². The van der Waals surface area contributed by atoms with Gasteiger partial charge in [-0.2, -0.15) is 0 Å². The molecule has 4 rings (SSSR count). The first-order valence-electron chi connectivity index (χ1n) is 11.3. The molecular weight excluding hydrogens is 384 g/mol. The molecule has 4 heteroatoms.